The largest absolute Gasteiger partial charge is 0.378 e. The Bertz CT molecular complexity index is 980. The lowest BCUT2D eigenvalue weighted by molar-refractivity contribution is -0.134. The minimum absolute atomic E-state index is 0.00277. The van der Waals surface area contributed by atoms with Crippen molar-refractivity contribution in [3.05, 3.63) is 47.1 Å². The lowest BCUT2D eigenvalue weighted by Gasteiger charge is -2.35. The van der Waals surface area contributed by atoms with Gasteiger partial charge in [-0.1, -0.05) is 0 Å². The van der Waals surface area contributed by atoms with E-state index in [0.29, 0.717) is 52.5 Å². The quantitative estimate of drug-likeness (QED) is 0.691. The number of hydrogen-bond acceptors (Lipinski definition) is 6. The summed E-state index contributed by atoms with van der Waals surface area (Å²) in [5.74, 6) is -0.294. The molecule has 3 heterocycles. The van der Waals surface area contributed by atoms with Gasteiger partial charge in [0.1, 0.15) is 10.0 Å². The van der Waals surface area contributed by atoms with Crippen molar-refractivity contribution in [1.82, 2.24) is 9.21 Å². The summed E-state index contributed by atoms with van der Waals surface area (Å²) in [7, 11) is -3.59. The Hall–Kier alpha value is -2.01. The zero-order valence-electron chi connectivity index (χ0n) is 16.5. The van der Waals surface area contributed by atoms with Crippen molar-refractivity contribution in [3.63, 3.8) is 0 Å². The standard InChI is InChI=1S/C20H24FN3O4S2/c21-16-1-3-17(4-2-16)22-7-9-24(10-8-22)30(26,27)20-6-5-18(29-20)15-19(25)23-11-13-28-14-12-23/h1-6H,7-15H2. The summed E-state index contributed by atoms with van der Waals surface area (Å²) in [4.78, 5) is 17.0. The average molecular weight is 454 g/mol. The van der Waals surface area contributed by atoms with E-state index < -0.39 is 10.0 Å². The number of halogens is 1. The Labute approximate surface area is 179 Å². The van der Waals surface area contributed by atoms with Gasteiger partial charge in [-0.2, -0.15) is 4.31 Å². The summed E-state index contributed by atoms with van der Waals surface area (Å²) >= 11 is 1.16. The third-order valence-corrected chi connectivity index (χ3v) is 8.80. The van der Waals surface area contributed by atoms with E-state index in [9.17, 15) is 17.6 Å². The molecule has 2 aliphatic heterocycles. The third-order valence-electron chi connectivity index (χ3n) is 5.35. The molecule has 2 fully saturated rings. The molecule has 0 N–H and O–H groups in total. The van der Waals surface area contributed by atoms with Gasteiger partial charge in [-0.05, 0) is 36.4 Å². The number of nitrogens with zero attached hydrogens (tertiary/aromatic N) is 3. The molecule has 0 atom stereocenters. The molecule has 1 aromatic carbocycles. The number of anilines is 1. The predicted octanol–water partition coefficient (Wildman–Crippen LogP) is 1.80. The van der Waals surface area contributed by atoms with Gasteiger partial charge in [-0.15, -0.1) is 11.3 Å². The van der Waals surface area contributed by atoms with E-state index in [1.807, 2.05) is 4.90 Å². The summed E-state index contributed by atoms with van der Waals surface area (Å²) in [5.41, 5.74) is 0.883. The van der Waals surface area contributed by atoms with Gasteiger partial charge in [0, 0.05) is 49.8 Å². The number of benzene rings is 1. The van der Waals surface area contributed by atoms with Crippen molar-refractivity contribution in [2.45, 2.75) is 10.6 Å². The highest BCUT2D eigenvalue weighted by atomic mass is 32.2. The smallest absolute Gasteiger partial charge is 0.252 e. The minimum atomic E-state index is -3.59. The molecular weight excluding hydrogens is 429 g/mol. The van der Waals surface area contributed by atoms with Crippen molar-refractivity contribution in [2.75, 3.05) is 57.4 Å². The van der Waals surface area contributed by atoms with E-state index in [-0.39, 0.29) is 22.4 Å². The fraction of sp³-hybridized carbons (Fsp3) is 0.450. The SMILES string of the molecule is O=C(Cc1ccc(S(=O)(=O)N2CCN(c3ccc(F)cc3)CC2)s1)N1CCOCC1. The van der Waals surface area contributed by atoms with E-state index in [1.54, 1.807) is 29.2 Å². The second-order valence-electron chi connectivity index (χ2n) is 7.26. The molecule has 10 heteroatoms. The van der Waals surface area contributed by atoms with Gasteiger partial charge in [0.15, 0.2) is 0 Å². The van der Waals surface area contributed by atoms with Crippen LogP contribution in [0.1, 0.15) is 4.88 Å². The molecule has 0 radical (unpaired) electrons. The third kappa shape index (κ3) is 4.66. The topological polar surface area (TPSA) is 70.2 Å². The van der Waals surface area contributed by atoms with E-state index in [2.05, 4.69) is 0 Å². The minimum Gasteiger partial charge on any atom is -0.378 e. The van der Waals surface area contributed by atoms with Crippen LogP contribution in [0.4, 0.5) is 10.1 Å². The highest BCUT2D eigenvalue weighted by molar-refractivity contribution is 7.91. The molecule has 0 bridgehead atoms. The van der Waals surface area contributed by atoms with E-state index in [0.717, 1.165) is 21.9 Å². The Morgan fingerprint density at radius 1 is 0.967 bits per heavy atom. The fourth-order valence-corrected chi connectivity index (χ4v) is 6.55. The molecule has 0 unspecified atom stereocenters. The Kier molecular flexibility index (Phi) is 6.37. The summed E-state index contributed by atoms with van der Waals surface area (Å²) in [5, 5.41) is 0. The first-order valence-corrected chi connectivity index (χ1v) is 12.1. The first kappa shape index (κ1) is 21.2. The number of thiophene rings is 1. The Morgan fingerprint density at radius 3 is 2.30 bits per heavy atom. The molecule has 30 heavy (non-hydrogen) atoms. The molecule has 0 aliphatic carbocycles. The maximum absolute atomic E-state index is 13.1. The van der Waals surface area contributed by atoms with Crippen molar-refractivity contribution in [2.24, 2.45) is 0 Å². The Morgan fingerprint density at radius 2 is 1.63 bits per heavy atom. The molecule has 7 nitrogen and oxygen atoms in total. The average Bonchev–Trinajstić information content (AvgIpc) is 3.24. The van der Waals surface area contributed by atoms with Crippen LogP contribution in [-0.2, 0) is 26.0 Å². The zero-order valence-corrected chi connectivity index (χ0v) is 18.1. The maximum Gasteiger partial charge on any atom is 0.252 e. The van der Waals surface area contributed by atoms with Crippen molar-refractivity contribution in [1.29, 1.82) is 0 Å². The number of carbonyl (C=O) groups is 1. The van der Waals surface area contributed by atoms with Gasteiger partial charge in [0.2, 0.25) is 5.91 Å². The first-order chi connectivity index (χ1) is 14.4. The second-order valence-corrected chi connectivity index (χ2v) is 10.6. The number of rotatable bonds is 5. The highest BCUT2D eigenvalue weighted by Gasteiger charge is 2.30. The molecular formula is C20H24FN3O4S2. The second kappa shape index (κ2) is 9.01. The molecule has 4 rings (SSSR count). The molecule has 0 saturated carbocycles. The van der Waals surface area contributed by atoms with Gasteiger partial charge in [0.05, 0.1) is 19.6 Å². The molecule has 2 aromatic rings. The number of carbonyl (C=O) groups excluding carboxylic acids is 1. The molecule has 2 saturated heterocycles. The van der Waals surface area contributed by atoms with Crippen molar-refractivity contribution < 1.29 is 22.3 Å². The van der Waals surface area contributed by atoms with Gasteiger partial charge in [0.25, 0.3) is 10.0 Å². The maximum atomic E-state index is 13.1. The van der Waals surface area contributed by atoms with Crippen LogP contribution in [0, 0.1) is 5.82 Å². The molecule has 162 valence electrons. The summed E-state index contributed by atoms with van der Waals surface area (Å²) in [6.45, 7) is 4.04. The van der Waals surface area contributed by atoms with E-state index in [1.165, 1.54) is 16.4 Å². The van der Waals surface area contributed by atoms with Crippen LogP contribution in [0.25, 0.3) is 0 Å². The number of hydrogen-bond donors (Lipinski definition) is 0. The lowest BCUT2D eigenvalue weighted by Crippen LogP contribution is -2.48. The fourth-order valence-electron chi connectivity index (χ4n) is 3.63. The molecule has 1 amide bonds. The number of sulfonamides is 1. The first-order valence-electron chi connectivity index (χ1n) is 9.88. The van der Waals surface area contributed by atoms with Gasteiger partial charge < -0.3 is 14.5 Å². The predicted molar refractivity (Wildman–Crippen MR) is 113 cm³/mol. The molecule has 1 aromatic heterocycles. The van der Waals surface area contributed by atoms with Gasteiger partial charge in [-0.3, -0.25) is 4.79 Å². The van der Waals surface area contributed by atoms with Gasteiger partial charge >= 0.3 is 0 Å². The van der Waals surface area contributed by atoms with Crippen LogP contribution in [0.15, 0.2) is 40.6 Å². The summed E-state index contributed by atoms with van der Waals surface area (Å²) in [6, 6.07) is 9.54. The number of ether oxygens (including phenoxy) is 1. The van der Waals surface area contributed by atoms with Crippen molar-refractivity contribution >= 4 is 33.0 Å². The van der Waals surface area contributed by atoms with Crippen LogP contribution in [0.3, 0.4) is 0 Å². The summed E-state index contributed by atoms with van der Waals surface area (Å²) in [6.07, 6.45) is 0.207. The van der Waals surface area contributed by atoms with Crippen LogP contribution in [-0.4, -0.2) is 76.0 Å². The highest BCUT2D eigenvalue weighted by Crippen LogP contribution is 2.27. The van der Waals surface area contributed by atoms with Crippen LogP contribution >= 0.6 is 11.3 Å². The van der Waals surface area contributed by atoms with E-state index in [4.69, 9.17) is 4.74 Å². The van der Waals surface area contributed by atoms with Crippen molar-refractivity contribution in [3.8, 4) is 0 Å². The molecule has 0 spiro atoms. The Balaban J connectivity index is 1.37. The van der Waals surface area contributed by atoms with Crippen LogP contribution in [0.2, 0.25) is 0 Å². The summed E-state index contributed by atoms with van der Waals surface area (Å²) < 4.78 is 46.2. The van der Waals surface area contributed by atoms with Crippen LogP contribution in [0.5, 0.6) is 0 Å². The normalized spacial score (nSPS) is 18.6. The monoisotopic (exact) mass is 453 g/mol. The molecule has 2 aliphatic rings. The van der Waals surface area contributed by atoms with Crippen LogP contribution < -0.4 is 4.90 Å². The zero-order chi connectivity index (χ0) is 21.1. The lowest BCUT2D eigenvalue weighted by atomic mass is 10.2. The van der Waals surface area contributed by atoms with Gasteiger partial charge in [-0.25, -0.2) is 12.8 Å². The number of amides is 1. The van der Waals surface area contributed by atoms with E-state index >= 15 is 0 Å². The number of morpholine rings is 1. The number of piperazine rings is 1.